The van der Waals surface area contributed by atoms with Crippen LogP contribution in [-0.4, -0.2) is 29.2 Å². The van der Waals surface area contributed by atoms with Gasteiger partial charge in [-0.05, 0) is 68.5 Å². The number of aromatic nitrogens is 1. The SMILES string of the molecule is O=C1CCCc2c(CCNCCCCCCl)c3ccccn3c21. The normalized spacial score (nSPS) is 14.4. The molecule has 23 heavy (non-hydrogen) atoms. The number of hydrogen-bond donors (Lipinski definition) is 1. The lowest BCUT2D eigenvalue weighted by molar-refractivity contribution is 0.0966. The number of unbranched alkanes of at least 4 members (excludes halogenated alkanes) is 2. The summed E-state index contributed by atoms with van der Waals surface area (Å²) in [4.78, 5) is 12.3. The number of nitrogens with zero attached hydrogens (tertiary/aromatic N) is 1. The fourth-order valence-electron chi connectivity index (χ4n) is 3.58. The van der Waals surface area contributed by atoms with Gasteiger partial charge < -0.3 is 9.72 Å². The molecule has 0 spiro atoms. The van der Waals surface area contributed by atoms with Crippen LogP contribution >= 0.6 is 11.6 Å². The Morgan fingerprint density at radius 3 is 2.91 bits per heavy atom. The molecule has 124 valence electrons. The minimum atomic E-state index is 0.299. The zero-order valence-corrected chi connectivity index (χ0v) is 14.4. The van der Waals surface area contributed by atoms with Crippen LogP contribution in [0.1, 0.15) is 53.7 Å². The van der Waals surface area contributed by atoms with Crippen molar-refractivity contribution >= 4 is 22.9 Å². The number of carbonyl (C=O) groups excluding carboxylic acids is 1. The van der Waals surface area contributed by atoms with E-state index in [1.807, 2.05) is 12.3 Å². The topological polar surface area (TPSA) is 33.5 Å². The van der Waals surface area contributed by atoms with Gasteiger partial charge in [-0.2, -0.15) is 0 Å². The summed E-state index contributed by atoms with van der Waals surface area (Å²) in [5, 5.41) is 3.53. The lowest BCUT2D eigenvalue weighted by Gasteiger charge is -2.12. The summed E-state index contributed by atoms with van der Waals surface area (Å²) in [7, 11) is 0. The van der Waals surface area contributed by atoms with E-state index in [1.54, 1.807) is 0 Å². The Morgan fingerprint density at radius 2 is 2.04 bits per heavy atom. The third-order valence-electron chi connectivity index (χ3n) is 4.69. The highest BCUT2D eigenvalue weighted by Gasteiger charge is 2.25. The minimum absolute atomic E-state index is 0.299. The summed E-state index contributed by atoms with van der Waals surface area (Å²) < 4.78 is 2.10. The number of fused-ring (bicyclic) bond motifs is 3. The smallest absolute Gasteiger partial charge is 0.179 e. The highest BCUT2D eigenvalue weighted by molar-refractivity contribution is 6.17. The molecule has 2 aromatic rings. The summed E-state index contributed by atoms with van der Waals surface area (Å²) >= 11 is 5.69. The Labute approximate surface area is 143 Å². The molecule has 0 radical (unpaired) electrons. The van der Waals surface area contributed by atoms with Gasteiger partial charge in [0.1, 0.15) is 0 Å². The van der Waals surface area contributed by atoms with E-state index >= 15 is 0 Å². The molecule has 3 rings (SSSR count). The van der Waals surface area contributed by atoms with Crippen molar-refractivity contribution in [2.75, 3.05) is 19.0 Å². The predicted molar refractivity (Wildman–Crippen MR) is 95.8 cm³/mol. The summed E-state index contributed by atoms with van der Waals surface area (Å²) in [5.74, 6) is 1.06. The van der Waals surface area contributed by atoms with Gasteiger partial charge in [-0.3, -0.25) is 4.79 Å². The fourth-order valence-corrected chi connectivity index (χ4v) is 3.77. The summed E-state index contributed by atoms with van der Waals surface area (Å²) in [6.45, 7) is 2.01. The predicted octanol–water partition coefficient (Wildman–Crippen LogP) is 4.00. The highest BCUT2D eigenvalue weighted by atomic mass is 35.5. The van der Waals surface area contributed by atoms with Gasteiger partial charge in [-0.25, -0.2) is 0 Å². The number of ketones is 1. The van der Waals surface area contributed by atoms with Crippen molar-refractivity contribution in [1.82, 2.24) is 9.72 Å². The summed E-state index contributed by atoms with van der Waals surface area (Å²) in [6.07, 6.45) is 9.20. The van der Waals surface area contributed by atoms with Gasteiger partial charge in [0, 0.05) is 24.0 Å². The Kier molecular flexibility index (Phi) is 5.74. The molecule has 0 fully saturated rings. The highest BCUT2D eigenvalue weighted by Crippen LogP contribution is 2.30. The number of halogens is 1. The second-order valence-corrected chi connectivity index (χ2v) is 6.67. The van der Waals surface area contributed by atoms with Crippen molar-refractivity contribution in [3.05, 3.63) is 41.2 Å². The van der Waals surface area contributed by atoms with Gasteiger partial charge in [0.25, 0.3) is 0 Å². The molecule has 0 aromatic carbocycles. The number of hydrogen-bond acceptors (Lipinski definition) is 2. The summed E-state index contributed by atoms with van der Waals surface area (Å²) in [6, 6.07) is 6.21. The van der Waals surface area contributed by atoms with Gasteiger partial charge >= 0.3 is 0 Å². The lowest BCUT2D eigenvalue weighted by atomic mass is 9.92. The van der Waals surface area contributed by atoms with Crippen LogP contribution in [0.4, 0.5) is 0 Å². The van der Waals surface area contributed by atoms with Crippen LogP contribution in [0.25, 0.3) is 5.52 Å². The second kappa shape index (κ2) is 7.98. The van der Waals surface area contributed by atoms with Crippen molar-refractivity contribution in [2.24, 2.45) is 0 Å². The molecule has 0 saturated heterocycles. The molecule has 1 N–H and O–H groups in total. The average molecular weight is 333 g/mol. The molecule has 2 heterocycles. The Balaban J connectivity index is 1.70. The molecule has 3 nitrogen and oxygen atoms in total. The molecule has 2 aromatic heterocycles. The number of Topliss-reactive ketones (excluding diaryl/α,β-unsaturated/α-hetero) is 1. The maximum atomic E-state index is 12.3. The molecule has 0 bridgehead atoms. The van der Waals surface area contributed by atoms with Gasteiger partial charge in [0.2, 0.25) is 0 Å². The standard InChI is InChI=1S/C19H25ClN2O/c20-11-3-1-4-12-21-13-10-15-16-7-6-9-18(23)19(16)22-14-5-2-8-17(15)22/h2,5,8,14,21H,1,3-4,6-7,9-13H2. The van der Waals surface area contributed by atoms with Crippen LogP contribution in [0.3, 0.4) is 0 Å². The van der Waals surface area contributed by atoms with Gasteiger partial charge in [-0.1, -0.05) is 12.5 Å². The van der Waals surface area contributed by atoms with Crippen LogP contribution in [0.2, 0.25) is 0 Å². The number of carbonyl (C=O) groups is 1. The molecule has 0 atom stereocenters. The van der Waals surface area contributed by atoms with Gasteiger partial charge in [-0.15, -0.1) is 11.6 Å². The third-order valence-corrected chi connectivity index (χ3v) is 4.96. The lowest BCUT2D eigenvalue weighted by Crippen LogP contribution is -2.19. The van der Waals surface area contributed by atoms with Crippen molar-refractivity contribution in [3.63, 3.8) is 0 Å². The van der Waals surface area contributed by atoms with E-state index in [-0.39, 0.29) is 0 Å². The van der Waals surface area contributed by atoms with E-state index in [0.29, 0.717) is 12.2 Å². The third kappa shape index (κ3) is 3.61. The zero-order chi connectivity index (χ0) is 16.1. The van der Waals surface area contributed by atoms with Crippen molar-refractivity contribution in [2.45, 2.75) is 44.9 Å². The minimum Gasteiger partial charge on any atom is -0.316 e. The molecular weight excluding hydrogens is 308 g/mol. The van der Waals surface area contributed by atoms with Gasteiger partial charge in [0.15, 0.2) is 5.78 Å². The molecule has 4 heteroatoms. The molecule has 0 amide bonds. The first kappa shape index (κ1) is 16.5. The first-order valence-electron chi connectivity index (χ1n) is 8.73. The van der Waals surface area contributed by atoms with Gasteiger partial charge in [0.05, 0.1) is 5.69 Å². The van der Waals surface area contributed by atoms with Crippen LogP contribution < -0.4 is 5.32 Å². The quantitative estimate of drug-likeness (QED) is 0.585. The zero-order valence-electron chi connectivity index (χ0n) is 13.6. The van der Waals surface area contributed by atoms with E-state index in [4.69, 9.17) is 11.6 Å². The van der Waals surface area contributed by atoms with Crippen LogP contribution in [0, 0.1) is 0 Å². The average Bonchev–Trinajstić information content (AvgIpc) is 2.89. The van der Waals surface area contributed by atoms with Crippen molar-refractivity contribution in [1.29, 1.82) is 0 Å². The van der Waals surface area contributed by atoms with Crippen LogP contribution in [0.15, 0.2) is 24.4 Å². The van der Waals surface area contributed by atoms with Crippen molar-refractivity contribution in [3.8, 4) is 0 Å². The molecule has 1 aliphatic rings. The van der Waals surface area contributed by atoms with E-state index < -0.39 is 0 Å². The van der Waals surface area contributed by atoms with E-state index in [2.05, 4.69) is 21.9 Å². The second-order valence-electron chi connectivity index (χ2n) is 6.29. The van der Waals surface area contributed by atoms with Crippen LogP contribution in [-0.2, 0) is 12.8 Å². The van der Waals surface area contributed by atoms with E-state index in [9.17, 15) is 4.79 Å². The molecule has 0 unspecified atom stereocenters. The largest absolute Gasteiger partial charge is 0.316 e. The summed E-state index contributed by atoms with van der Waals surface area (Å²) in [5.41, 5.74) is 4.79. The Bertz CT molecular complexity index is 677. The molecule has 0 saturated carbocycles. The monoisotopic (exact) mass is 332 g/mol. The maximum absolute atomic E-state index is 12.3. The molecular formula is C19H25ClN2O. The number of pyridine rings is 1. The molecule has 1 aliphatic carbocycles. The number of rotatable bonds is 8. The molecule has 0 aliphatic heterocycles. The van der Waals surface area contributed by atoms with E-state index in [1.165, 1.54) is 29.5 Å². The number of alkyl halides is 1. The first-order valence-corrected chi connectivity index (χ1v) is 9.27. The van der Waals surface area contributed by atoms with Crippen LogP contribution in [0.5, 0.6) is 0 Å². The Hall–Kier alpha value is -1.32. The Morgan fingerprint density at radius 1 is 1.13 bits per heavy atom. The van der Waals surface area contributed by atoms with Crippen molar-refractivity contribution < 1.29 is 4.79 Å². The first-order chi connectivity index (χ1) is 11.3. The maximum Gasteiger partial charge on any atom is 0.179 e. The van der Waals surface area contributed by atoms with E-state index in [0.717, 1.165) is 50.3 Å². The number of nitrogens with one attached hydrogen (secondary N) is 1. The fraction of sp³-hybridized carbons (Fsp3) is 0.526.